The number of aryl methyl sites for hydroxylation is 3. The molecule has 0 aliphatic rings. The highest BCUT2D eigenvalue weighted by atomic mass is 15.1. The summed E-state index contributed by atoms with van der Waals surface area (Å²) in [5.41, 5.74) is 24.4. The van der Waals surface area contributed by atoms with Gasteiger partial charge in [-0.15, -0.1) is 0 Å². The molecule has 0 saturated carbocycles. The molecule has 0 saturated heterocycles. The Kier molecular flexibility index (Phi) is 9.53. The molecular weight excluding hydrogens is 655 g/mol. The van der Waals surface area contributed by atoms with Crippen molar-refractivity contribution in [2.75, 3.05) is 15.5 Å². The van der Waals surface area contributed by atoms with E-state index in [4.69, 9.17) is 5.73 Å². The zero-order valence-corrected chi connectivity index (χ0v) is 30.9. The monoisotopic (exact) mass is 697 g/mol. The largest absolute Gasteiger partial charge is 0.399 e. The van der Waals surface area contributed by atoms with Crippen molar-refractivity contribution in [3.63, 3.8) is 0 Å². The molecule has 8 rings (SSSR count). The Hall–Kier alpha value is -6.84. The third-order valence-corrected chi connectivity index (χ3v) is 9.96. The molecule has 0 bridgehead atoms. The van der Waals surface area contributed by atoms with Gasteiger partial charge in [-0.3, -0.25) is 0 Å². The van der Waals surface area contributed by atoms with Gasteiger partial charge in [-0.05, 0) is 150 Å². The molecule has 0 aliphatic carbocycles. The van der Waals surface area contributed by atoms with Crippen LogP contribution in [0.5, 0.6) is 0 Å². The molecule has 0 fully saturated rings. The summed E-state index contributed by atoms with van der Waals surface area (Å²) in [6.45, 7) is 6.40. The van der Waals surface area contributed by atoms with E-state index in [0.717, 1.165) is 67.6 Å². The number of nitrogens with zero attached hydrogens (tertiary/aromatic N) is 2. The van der Waals surface area contributed by atoms with E-state index in [0.29, 0.717) is 0 Å². The fourth-order valence-corrected chi connectivity index (χ4v) is 7.19. The predicted molar refractivity (Wildman–Crippen MR) is 231 cm³/mol. The van der Waals surface area contributed by atoms with Crippen LogP contribution in [0, 0.1) is 20.8 Å². The molecule has 0 aliphatic heterocycles. The fraction of sp³-hybridized carbons (Fsp3) is 0.0588. The van der Waals surface area contributed by atoms with Crippen LogP contribution in [-0.4, -0.2) is 0 Å². The SMILES string of the molecule is Cc1ccc(N(c2ccccc2)c2ccc(-c3ccc(N)cc3-c3ccc(-c4ccc(N(c5cccc(C)c5)c5cccc(C)c5)cc4)cc3)cc2)cc1. The minimum Gasteiger partial charge on any atom is -0.399 e. The van der Waals surface area contributed by atoms with Crippen molar-refractivity contribution < 1.29 is 0 Å². The van der Waals surface area contributed by atoms with Crippen LogP contribution in [0.25, 0.3) is 33.4 Å². The van der Waals surface area contributed by atoms with Crippen molar-refractivity contribution in [3.8, 4) is 33.4 Å². The molecule has 3 heteroatoms. The highest BCUT2D eigenvalue weighted by molar-refractivity contribution is 5.88. The summed E-state index contributed by atoms with van der Waals surface area (Å²) in [7, 11) is 0. The quantitative estimate of drug-likeness (QED) is 0.152. The molecule has 0 radical (unpaired) electrons. The number of anilines is 7. The predicted octanol–water partition coefficient (Wildman–Crippen LogP) is 14.1. The number of nitrogen functional groups attached to an aromatic ring is 1. The Bertz CT molecular complexity index is 2460. The average Bonchev–Trinajstić information content (AvgIpc) is 3.20. The van der Waals surface area contributed by atoms with Crippen molar-refractivity contribution in [1.29, 1.82) is 0 Å². The molecule has 262 valence electrons. The lowest BCUT2D eigenvalue weighted by Crippen LogP contribution is -2.10. The summed E-state index contributed by atoms with van der Waals surface area (Å²) in [6.07, 6.45) is 0. The van der Waals surface area contributed by atoms with E-state index >= 15 is 0 Å². The molecule has 8 aromatic rings. The first-order valence-corrected chi connectivity index (χ1v) is 18.5. The van der Waals surface area contributed by atoms with Crippen LogP contribution in [0.1, 0.15) is 16.7 Å². The molecule has 0 spiro atoms. The minimum absolute atomic E-state index is 0.742. The van der Waals surface area contributed by atoms with Crippen LogP contribution in [-0.2, 0) is 0 Å². The second-order valence-electron chi connectivity index (χ2n) is 14.0. The van der Waals surface area contributed by atoms with E-state index in [1.165, 1.54) is 22.3 Å². The third kappa shape index (κ3) is 7.26. The maximum atomic E-state index is 6.40. The van der Waals surface area contributed by atoms with Crippen LogP contribution in [0.15, 0.2) is 194 Å². The van der Waals surface area contributed by atoms with E-state index in [1.807, 2.05) is 6.07 Å². The molecule has 0 aromatic heterocycles. The van der Waals surface area contributed by atoms with Gasteiger partial charge in [-0.2, -0.15) is 0 Å². The summed E-state index contributed by atoms with van der Waals surface area (Å²) in [6, 6.07) is 69.2. The van der Waals surface area contributed by atoms with Crippen LogP contribution in [0.4, 0.5) is 39.8 Å². The number of hydrogen-bond donors (Lipinski definition) is 1. The van der Waals surface area contributed by atoms with Crippen LogP contribution >= 0.6 is 0 Å². The van der Waals surface area contributed by atoms with Gasteiger partial charge in [0.25, 0.3) is 0 Å². The Morgan fingerprint density at radius 3 is 1.24 bits per heavy atom. The number of rotatable bonds is 9. The van der Waals surface area contributed by atoms with Gasteiger partial charge in [0.1, 0.15) is 0 Å². The highest BCUT2D eigenvalue weighted by Gasteiger charge is 2.16. The van der Waals surface area contributed by atoms with Crippen molar-refractivity contribution in [3.05, 3.63) is 211 Å². The second-order valence-corrected chi connectivity index (χ2v) is 14.0. The van der Waals surface area contributed by atoms with Crippen LogP contribution in [0.3, 0.4) is 0 Å². The molecule has 0 atom stereocenters. The summed E-state index contributed by atoms with van der Waals surface area (Å²) in [5.74, 6) is 0. The van der Waals surface area contributed by atoms with Crippen molar-refractivity contribution in [2.24, 2.45) is 0 Å². The van der Waals surface area contributed by atoms with Crippen LogP contribution in [0.2, 0.25) is 0 Å². The molecule has 0 unspecified atom stereocenters. The second kappa shape index (κ2) is 15.0. The molecule has 3 nitrogen and oxygen atoms in total. The van der Waals surface area contributed by atoms with Crippen LogP contribution < -0.4 is 15.5 Å². The van der Waals surface area contributed by atoms with Gasteiger partial charge in [0.15, 0.2) is 0 Å². The first-order chi connectivity index (χ1) is 26.4. The van der Waals surface area contributed by atoms with Crippen molar-refractivity contribution in [1.82, 2.24) is 0 Å². The fourth-order valence-electron chi connectivity index (χ4n) is 7.19. The van der Waals surface area contributed by atoms with Gasteiger partial charge < -0.3 is 15.5 Å². The standard InChI is InChI=1S/C51H43N3/c1-36-15-26-45(27-16-36)53(44-11-5-4-6-12-44)46-30-23-41(24-31-46)50-32-25-43(52)35-51(50)42-19-17-39(18-20-42)40-21-28-47(29-22-40)54(48-13-7-9-37(2)33-48)49-14-8-10-38(3)34-49/h4-35H,52H2,1-3H3. The minimum atomic E-state index is 0.742. The molecule has 0 heterocycles. The zero-order valence-electron chi connectivity index (χ0n) is 30.9. The first kappa shape index (κ1) is 34.3. The van der Waals surface area contributed by atoms with Crippen molar-refractivity contribution in [2.45, 2.75) is 20.8 Å². The Morgan fingerprint density at radius 1 is 0.296 bits per heavy atom. The van der Waals surface area contributed by atoms with Gasteiger partial charge in [0, 0.05) is 39.8 Å². The summed E-state index contributed by atoms with van der Waals surface area (Å²) >= 11 is 0. The molecule has 2 N–H and O–H groups in total. The average molecular weight is 698 g/mol. The molecule has 0 amide bonds. The zero-order chi connectivity index (χ0) is 37.0. The maximum absolute atomic E-state index is 6.40. The van der Waals surface area contributed by atoms with E-state index < -0.39 is 0 Å². The van der Waals surface area contributed by atoms with Gasteiger partial charge >= 0.3 is 0 Å². The van der Waals surface area contributed by atoms with Crippen molar-refractivity contribution >= 4 is 39.8 Å². The van der Waals surface area contributed by atoms with E-state index in [1.54, 1.807) is 0 Å². The number of benzene rings is 8. The topological polar surface area (TPSA) is 32.5 Å². The smallest absolute Gasteiger partial charge is 0.0464 e. The Morgan fingerprint density at radius 2 is 0.704 bits per heavy atom. The first-order valence-electron chi connectivity index (χ1n) is 18.5. The summed E-state index contributed by atoms with van der Waals surface area (Å²) in [5, 5.41) is 0. The molecule has 54 heavy (non-hydrogen) atoms. The molecular formula is C51H43N3. The van der Waals surface area contributed by atoms with Gasteiger partial charge in [-0.25, -0.2) is 0 Å². The van der Waals surface area contributed by atoms with E-state index in [2.05, 4.69) is 219 Å². The van der Waals surface area contributed by atoms with Gasteiger partial charge in [-0.1, -0.05) is 115 Å². The lowest BCUT2D eigenvalue weighted by molar-refractivity contribution is 1.26. The lowest BCUT2D eigenvalue weighted by atomic mass is 9.92. The summed E-state index contributed by atoms with van der Waals surface area (Å²) in [4.78, 5) is 4.61. The summed E-state index contributed by atoms with van der Waals surface area (Å²) < 4.78 is 0. The van der Waals surface area contributed by atoms with Gasteiger partial charge in [0.05, 0.1) is 0 Å². The Labute approximate surface area is 319 Å². The van der Waals surface area contributed by atoms with Gasteiger partial charge in [0.2, 0.25) is 0 Å². The number of para-hydroxylation sites is 1. The van der Waals surface area contributed by atoms with E-state index in [9.17, 15) is 0 Å². The maximum Gasteiger partial charge on any atom is 0.0464 e. The highest BCUT2D eigenvalue weighted by Crippen LogP contribution is 2.40. The lowest BCUT2D eigenvalue weighted by Gasteiger charge is -2.26. The third-order valence-electron chi connectivity index (χ3n) is 9.96. The van der Waals surface area contributed by atoms with E-state index in [-0.39, 0.29) is 0 Å². The number of hydrogen-bond acceptors (Lipinski definition) is 3. The molecule has 8 aromatic carbocycles. The Balaban J connectivity index is 1.08. The normalized spacial score (nSPS) is 10.9. The number of nitrogens with two attached hydrogens (primary N) is 1.